The van der Waals surface area contributed by atoms with Crippen LogP contribution in [-0.4, -0.2) is 19.0 Å². The predicted molar refractivity (Wildman–Crippen MR) is 77.7 cm³/mol. The van der Waals surface area contributed by atoms with E-state index in [1.807, 2.05) is 32.0 Å². The van der Waals surface area contributed by atoms with Gasteiger partial charge in [0.05, 0.1) is 5.41 Å². The molecule has 1 fully saturated rings. The van der Waals surface area contributed by atoms with E-state index in [1.54, 1.807) is 0 Å². The number of nitrogens with one attached hydrogen (secondary N) is 2. The molecule has 0 aromatic heterocycles. The van der Waals surface area contributed by atoms with Gasteiger partial charge in [-0.05, 0) is 50.9 Å². The lowest BCUT2D eigenvalue weighted by Crippen LogP contribution is -2.46. The maximum atomic E-state index is 12.3. The fourth-order valence-corrected chi connectivity index (χ4v) is 2.58. The van der Waals surface area contributed by atoms with Gasteiger partial charge in [0.25, 0.3) is 0 Å². The largest absolute Gasteiger partial charge is 0.326 e. The van der Waals surface area contributed by atoms with Gasteiger partial charge in [-0.3, -0.25) is 4.79 Å². The van der Waals surface area contributed by atoms with E-state index >= 15 is 0 Å². The number of hydrogen-bond acceptors (Lipinski definition) is 2. The van der Waals surface area contributed by atoms with Crippen LogP contribution in [0.2, 0.25) is 0 Å². The maximum Gasteiger partial charge on any atom is 0.231 e. The van der Waals surface area contributed by atoms with Crippen LogP contribution in [0.3, 0.4) is 0 Å². The summed E-state index contributed by atoms with van der Waals surface area (Å²) in [4.78, 5) is 12.3. The highest BCUT2D eigenvalue weighted by Crippen LogP contribution is 2.28. The average Bonchev–Trinajstić information content (AvgIpc) is 2.35. The van der Waals surface area contributed by atoms with Crippen molar-refractivity contribution in [1.29, 1.82) is 0 Å². The van der Waals surface area contributed by atoms with Gasteiger partial charge in [-0.15, -0.1) is 0 Å². The van der Waals surface area contributed by atoms with E-state index in [0.29, 0.717) is 0 Å². The number of halogens is 1. The third-order valence-corrected chi connectivity index (χ3v) is 4.43. The molecule has 98 valence electrons. The van der Waals surface area contributed by atoms with Gasteiger partial charge < -0.3 is 10.6 Å². The number of amides is 1. The molecule has 1 amide bonds. The molecule has 0 aliphatic carbocycles. The minimum absolute atomic E-state index is 0.102. The van der Waals surface area contributed by atoms with E-state index in [9.17, 15) is 4.79 Å². The number of carbonyl (C=O) groups is 1. The molecule has 1 aliphatic heterocycles. The number of anilines is 1. The van der Waals surface area contributed by atoms with E-state index in [0.717, 1.165) is 36.1 Å². The van der Waals surface area contributed by atoms with Crippen LogP contribution in [0.25, 0.3) is 0 Å². The molecular formula is C14H19BrN2O. The second-order valence-corrected chi connectivity index (χ2v) is 6.11. The van der Waals surface area contributed by atoms with Crippen molar-refractivity contribution in [3.05, 3.63) is 28.2 Å². The molecule has 1 atom stereocenters. The van der Waals surface area contributed by atoms with E-state index in [-0.39, 0.29) is 11.3 Å². The Bertz CT molecular complexity index is 453. The summed E-state index contributed by atoms with van der Waals surface area (Å²) < 4.78 is 1.02. The molecule has 18 heavy (non-hydrogen) atoms. The van der Waals surface area contributed by atoms with Crippen molar-refractivity contribution >= 4 is 27.5 Å². The zero-order chi connectivity index (χ0) is 13.2. The number of piperidine rings is 1. The number of hydrogen-bond donors (Lipinski definition) is 2. The van der Waals surface area contributed by atoms with Gasteiger partial charge in [0.1, 0.15) is 0 Å². The summed E-state index contributed by atoms with van der Waals surface area (Å²) in [5.74, 6) is 0.102. The van der Waals surface area contributed by atoms with Gasteiger partial charge in [0.15, 0.2) is 0 Å². The van der Waals surface area contributed by atoms with Crippen molar-refractivity contribution in [2.24, 2.45) is 5.41 Å². The number of aryl methyl sites for hydroxylation is 1. The van der Waals surface area contributed by atoms with Gasteiger partial charge in [-0.2, -0.15) is 0 Å². The predicted octanol–water partition coefficient (Wildman–Crippen LogP) is 3.09. The molecule has 1 unspecified atom stereocenters. The highest BCUT2D eigenvalue weighted by molar-refractivity contribution is 9.10. The van der Waals surface area contributed by atoms with Crippen LogP contribution in [0.5, 0.6) is 0 Å². The van der Waals surface area contributed by atoms with Crippen LogP contribution in [0, 0.1) is 12.3 Å². The van der Waals surface area contributed by atoms with Crippen LogP contribution in [0.15, 0.2) is 22.7 Å². The van der Waals surface area contributed by atoms with Crippen molar-refractivity contribution in [1.82, 2.24) is 5.32 Å². The Hall–Kier alpha value is -0.870. The summed E-state index contributed by atoms with van der Waals surface area (Å²) in [5.41, 5.74) is 1.72. The quantitative estimate of drug-likeness (QED) is 0.881. The molecule has 1 aliphatic rings. The molecular weight excluding hydrogens is 292 g/mol. The second-order valence-electron chi connectivity index (χ2n) is 5.26. The number of rotatable bonds is 2. The summed E-state index contributed by atoms with van der Waals surface area (Å²) in [6, 6.07) is 5.89. The minimum atomic E-state index is -0.296. The van der Waals surface area contributed by atoms with Crippen LogP contribution < -0.4 is 10.6 Å². The normalized spacial score (nSPS) is 23.7. The van der Waals surface area contributed by atoms with Gasteiger partial charge >= 0.3 is 0 Å². The lowest BCUT2D eigenvalue weighted by molar-refractivity contribution is -0.125. The summed E-state index contributed by atoms with van der Waals surface area (Å²) in [6.07, 6.45) is 2.00. The van der Waals surface area contributed by atoms with Crippen LogP contribution >= 0.6 is 15.9 Å². The van der Waals surface area contributed by atoms with Crippen molar-refractivity contribution in [3.63, 3.8) is 0 Å². The van der Waals surface area contributed by atoms with Crippen LogP contribution in [-0.2, 0) is 4.79 Å². The fourth-order valence-electron chi connectivity index (χ4n) is 2.20. The number of benzene rings is 1. The molecule has 1 aromatic rings. The van der Waals surface area contributed by atoms with Gasteiger partial charge in [-0.25, -0.2) is 0 Å². The van der Waals surface area contributed by atoms with Gasteiger partial charge in [0, 0.05) is 16.7 Å². The Balaban J connectivity index is 2.08. The third kappa shape index (κ3) is 2.93. The zero-order valence-electron chi connectivity index (χ0n) is 10.8. The Morgan fingerprint density at radius 1 is 1.50 bits per heavy atom. The van der Waals surface area contributed by atoms with Crippen molar-refractivity contribution < 1.29 is 4.79 Å². The molecule has 1 saturated heterocycles. The molecule has 0 spiro atoms. The minimum Gasteiger partial charge on any atom is -0.326 e. The smallest absolute Gasteiger partial charge is 0.231 e. The monoisotopic (exact) mass is 310 g/mol. The Kier molecular flexibility index (Phi) is 4.07. The highest BCUT2D eigenvalue weighted by Gasteiger charge is 2.34. The first kappa shape index (κ1) is 13.6. The fraction of sp³-hybridized carbons (Fsp3) is 0.500. The first-order chi connectivity index (χ1) is 8.51. The Morgan fingerprint density at radius 2 is 2.28 bits per heavy atom. The molecule has 0 saturated carbocycles. The topological polar surface area (TPSA) is 41.1 Å². The molecule has 2 N–H and O–H groups in total. The number of carbonyl (C=O) groups excluding carboxylic acids is 1. The first-order valence-corrected chi connectivity index (χ1v) is 7.09. The summed E-state index contributed by atoms with van der Waals surface area (Å²) in [5, 5.41) is 6.30. The molecule has 0 bridgehead atoms. The van der Waals surface area contributed by atoms with Crippen LogP contribution in [0.4, 0.5) is 5.69 Å². The molecule has 4 heteroatoms. The third-order valence-electron chi connectivity index (χ3n) is 3.58. The standard InChI is InChI=1S/C14H19BrN2O/c1-10-4-5-11(8-12(10)15)17-13(18)14(2)6-3-7-16-9-14/h4-5,8,16H,3,6-7,9H2,1-2H3,(H,17,18). The molecule has 1 aromatic carbocycles. The highest BCUT2D eigenvalue weighted by atomic mass is 79.9. The van der Waals surface area contributed by atoms with E-state index < -0.39 is 0 Å². The SMILES string of the molecule is Cc1ccc(NC(=O)C2(C)CCCNC2)cc1Br. The van der Waals surface area contributed by atoms with Gasteiger partial charge in [-0.1, -0.05) is 22.0 Å². The van der Waals surface area contributed by atoms with E-state index in [4.69, 9.17) is 0 Å². The Labute approximate surface area is 116 Å². The molecule has 1 heterocycles. The first-order valence-electron chi connectivity index (χ1n) is 6.30. The average molecular weight is 311 g/mol. The van der Waals surface area contributed by atoms with E-state index in [1.165, 1.54) is 5.56 Å². The zero-order valence-corrected chi connectivity index (χ0v) is 12.4. The molecule has 3 nitrogen and oxygen atoms in total. The van der Waals surface area contributed by atoms with Gasteiger partial charge in [0.2, 0.25) is 5.91 Å². The molecule has 0 radical (unpaired) electrons. The maximum absolute atomic E-state index is 12.3. The summed E-state index contributed by atoms with van der Waals surface area (Å²) in [6.45, 7) is 5.82. The van der Waals surface area contributed by atoms with Crippen molar-refractivity contribution in [3.8, 4) is 0 Å². The van der Waals surface area contributed by atoms with E-state index in [2.05, 4.69) is 26.6 Å². The summed E-state index contributed by atoms with van der Waals surface area (Å²) >= 11 is 3.48. The van der Waals surface area contributed by atoms with Crippen molar-refractivity contribution in [2.45, 2.75) is 26.7 Å². The second kappa shape index (κ2) is 5.41. The lowest BCUT2D eigenvalue weighted by Gasteiger charge is -2.32. The van der Waals surface area contributed by atoms with Crippen LogP contribution in [0.1, 0.15) is 25.3 Å². The lowest BCUT2D eigenvalue weighted by atomic mass is 9.82. The Morgan fingerprint density at radius 3 is 2.89 bits per heavy atom. The van der Waals surface area contributed by atoms with Crippen molar-refractivity contribution in [2.75, 3.05) is 18.4 Å². The summed E-state index contributed by atoms with van der Waals surface area (Å²) in [7, 11) is 0. The molecule has 2 rings (SSSR count).